The van der Waals surface area contributed by atoms with Crippen molar-refractivity contribution in [2.75, 3.05) is 7.11 Å². The minimum atomic E-state index is -1.28. The standard InChI is InChI=1S/C17H15FO4/c1-21-16-10-12(7-9-17(19)20)6-8-15(16)22-11-13-4-2-3-5-14(13)18/h2-10H,11H2,1H3,(H,19,20)/p-1/b9-7-. The van der Waals surface area contributed by atoms with Gasteiger partial charge < -0.3 is 19.4 Å². The summed E-state index contributed by atoms with van der Waals surface area (Å²) in [5.41, 5.74) is 1.06. The minimum absolute atomic E-state index is 0.0667. The van der Waals surface area contributed by atoms with Crippen molar-refractivity contribution >= 4 is 12.0 Å². The molecule has 0 radical (unpaired) electrons. The van der Waals surface area contributed by atoms with Gasteiger partial charge in [-0.2, -0.15) is 0 Å². The number of hydrogen-bond acceptors (Lipinski definition) is 4. The molecule has 0 bridgehead atoms. The number of carbonyl (C=O) groups excluding carboxylic acids is 1. The van der Waals surface area contributed by atoms with Gasteiger partial charge in [-0.3, -0.25) is 0 Å². The summed E-state index contributed by atoms with van der Waals surface area (Å²) in [6, 6.07) is 11.3. The quantitative estimate of drug-likeness (QED) is 0.767. The summed E-state index contributed by atoms with van der Waals surface area (Å²) in [5, 5.41) is 10.4. The molecule has 0 N–H and O–H groups in total. The first-order chi connectivity index (χ1) is 10.6. The molecule has 0 aromatic heterocycles. The molecule has 0 fully saturated rings. The molecule has 5 heteroatoms. The van der Waals surface area contributed by atoms with Crippen LogP contribution >= 0.6 is 0 Å². The highest BCUT2D eigenvalue weighted by atomic mass is 19.1. The SMILES string of the molecule is COc1cc(/C=C\C(=O)[O-])ccc1OCc1ccccc1F. The number of halogens is 1. The molecule has 0 spiro atoms. The average molecular weight is 301 g/mol. The molecule has 0 saturated carbocycles. The van der Waals surface area contributed by atoms with E-state index in [4.69, 9.17) is 9.47 Å². The third kappa shape index (κ3) is 4.09. The summed E-state index contributed by atoms with van der Waals surface area (Å²) in [5.74, 6) is -0.748. The van der Waals surface area contributed by atoms with Gasteiger partial charge in [-0.05, 0) is 29.8 Å². The first-order valence-corrected chi connectivity index (χ1v) is 6.53. The first kappa shape index (κ1) is 15.6. The summed E-state index contributed by atoms with van der Waals surface area (Å²) in [4.78, 5) is 10.4. The third-order valence-corrected chi connectivity index (χ3v) is 2.94. The Morgan fingerprint density at radius 1 is 1.23 bits per heavy atom. The van der Waals surface area contributed by atoms with E-state index >= 15 is 0 Å². The van der Waals surface area contributed by atoms with E-state index in [0.717, 1.165) is 6.08 Å². The van der Waals surface area contributed by atoms with Crippen LogP contribution in [0.3, 0.4) is 0 Å². The molecule has 2 aromatic carbocycles. The second kappa shape index (κ2) is 7.26. The maximum atomic E-state index is 13.5. The van der Waals surface area contributed by atoms with Crippen molar-refractivity contribution in [3.63, 3.8) is 0 Å². The second-order valence-electron chi connectivity index (χ2n) is 4.44. The number of methoxy groups -OCH3 is 1. The third-order valence-electron chi connectivity index (χ3n) is 2.94. The zero-order valence-corrected chi connectivity index (χ0v) is 11.9. The van der Waals surface area contributed by atoms with Crippen LogP contribution in [0, 0.1) is 5.82 Å². The van der Waals surface area contributed by atoms with Gasteiger partial charge in [0.25, 0.3) is 0 Å². The van der Waals surface area contributed by atoms with E-state index in [2.05, 4.69) is 0 Å². The van der Waals surface area contributed by atoms with Crippen LogP contribution in [-0.2, 0) is 11.4 Å². The number of benzene rings is 2. The summed E-state index contributed by atoms with van der Waals surface area (Å²) in [7, 11) is 1.47. The Balaban J connectivity index is 2.14. The zero-order valence-electron chi connectivity index (χ0n) is 11.9. The monoisotopic (exact) mass is 301 g/mol. The molecule has 0 aliphatic heterocycles. The normalized spacial score (nSPS) is 10.6. The molecule has 0 aliphatic rings. The lowest BCUT2D eigenvalue weighted by Gasteiger charge is -2.12. The fraction of sp³-hybridized carbons (Fsp3) is 0.118. The average Bonchev–Trinajstić information content (AvgIpc) is 2.52. The van der Waals surface area contributed by atoms with Crippen molar-refractivity contribution in [3.05, 3.63) is 65.5 Å². The molecular weight excluding hydrogens is 287 g/mol. The van der Waals surface area contributed by atoms with E-state index in [1.54, 1.807) is 36.4 Å². The topological polar surface area (TPSA) is 58.6 Å². The highest BCUT2D eigenvalue weighted by Crippen LogP contribution is 2.29. The van der Waals surface area contributed by atoms with Crippen molar-refractivity contribution in [3.8, 4) is 11.5 Å². The van der Waals surface area contributed by atoms with Crippen molar-refractivity contribution in [1.82, 2.24) is 0 Å². The number of hydrogen-bond donors (Lipinski definition) is 0. The van der Waals surface area contributed by atoms with Crippen molar-refractivity contribution in [1.29, 1.82) is 0 Å². The smallest absolute Gasteiger partial charge is 0.161 e. The van der Waals surface area contributed by atoms with E-state index in [9.17, 15) is 14.3 Å². The maximum Gasteiger partial charge on any atom is 0.161 e. The number of ether oxygens (including phenoxy) is 2. The second-order valence-corrected chi connectivity index (χ2v) is 4.44. The predicted octanol–water partition coefficient (Wildman–Crippen LogP) is 2.18. The lowest BCUT2D eigenvalue weighted by molar-refractivity contribution is -0.297. The molecule has 2 rings (SSSR count). The van der Waals surface area contributed by atoms with Crippen LogP contribution in [-0.4, -0.2) is 13.1 Å². The van der Waals surface area contributed by atoms with Crippen molar-refractivity contribution in [2.24, 2.45) is 0 Å². The lowest BCUT2D eigenvalue weighted by atomic mass is 10.2. The van der Waals surface area contributed by atoms with Crippen molar-refractivity contribution < 1.29 is 23.8 Å². The summed E-state index contributed by atoms with van der Waals surface area (Å²) in [6.07, 6.45) is 2.31. The Bertz CT molecular complexity index is 695. The number of carboxylic acids is 1. The van der Waals surface area contributed by atoms with Gasteiger partial charge in [0, 0.05) is 5.56 Å². The van der Waals surface area contributed by atoms with Crippen LogP contribution in [0.25, 0.3) is 6.08 Å². The molecule has 0 amide bonds. The van der Waals surface area contributed by atoms with Gasteiger partial charge in [0.2, 0.25) is 0 Å². The molecule has 0 heterocycles. The van der Waals surface area contributed by atoms with Gasteiger partial charge in [0.15, 0.2) is 11.5 Å². The Hall–Kier alpha value is -2.82. The number of carboxylic acid groups (broad SMARTS) is 1. The highest BCUT2D eigenvalue weighted by molar-refractivity contribution is 5.83. The number of aliphatic carboxylic acids is 1. The molecule has 22 heavy (non-hydrogen) atoms. The van der Waals surface area contributed by atoms with Gasteiger partial charge in [0.1, 0.15) is 12.4 Å². The van der Waals surface area contributed by atoms with Gasteiger partial charge in [-0.15, -0.1) is 0 Å². The maximum absolute atomic E-state index is 13.5. The molecule has 0 saturated heterocycles. The van der Waals surface area contributed by atoms with Gasteiger partial charge in [-0.25, -0.2) is 4.39 Å². The van der Waals surface area contributed by atoms with Gasteiger partial charge in [0.05, 0.1) is 13.1 Å². The molecule has 114 valence electrons. The molecular formula is C17H14FO4-. The molecule has 2 aromatic rings. The molecule has 4 nitrogen and oxygen atoms in total. The largest absolute Gasteiger partial charge is 0.545 e. The molecule has 0 atom stereocenters. The van der Waals surface area contributed by atoms with Crippen LogP contribution in [0.5, 0.6) is 11.5 Å². The van der Waals surface area contributed by atoms with Crippen LogP contribution in [0.15, 0.2) is 48.5 Å². The van der Waals surface area contributed by atoms with E-state index in [-0.39, 0.29) is 12.4 Å². The van der Waals surface area contributed by atoms with Crippen LogP contribution in [0.1, 0.15) is 11.1 Å². The number of rotatable bonds is 6. The van der Waals surface area contributed by atoms with Crippen LogP contribution < -0.4 is 14.6 Å². The highest BCUT2D eigenvalue weighted by Gasteiger charge is 2.07. The summed E-state index contributed by atoms with van der Waals surface area (Å²) in [6.45, 7) is 0.0667. The van der Waals surface area contributed by atoms with E-state index in [0.29, 0.717) is 22.6 Å². The van der Waals surface area contributed by atoms with Crippen LogP contribution in [0.4, 0.5) is 4.39 Å². The minimum Gasteiger partial charge on any atom is -0.545 e. The van der Waals surface area contributed by atoms with Crippen molar-refractivity contribution in [2.45, 2.75) is 6.61 Å². The Labute approximate surface area is 127 Å². The van der Waals surface area contributed by atoms with Gasteiger partial charge >= 0.3 is 0 Å². The Kier molecular flexibility index (Phi) is 5.14. The zero-order chi connectivity index (χ0) is 15.9. The molecule has 0 aliphatic carbocycles. The summed E-state index contributed by atoms with van der Waals surface area (Å²) >= 11 is 0. The Morgan fingerprint density at radius 2 is 2.00 bits per heavy atom. The van der Waals surface area contributed by atoms with Crippen LogP contribution in [0.2, 0.25) is 0 Å². The fourth-order valence-corrected chi connectivity index (χ4v) is 1.84. The first-order valence-electron chi connectivity index (χ1n) is 6.53. The lowest BCUT2D eigenvalue weighted by Crippen LogP contribution is -2.18. The van der Waals surface area contributed by atoms with E-state index in [1.807, 2.05) is 0 Å². The Morgan fingerprint density at radius 3 is 2.68 bits per heavy atom. The number of carbonyl (C=O) groups is 1. The molecule has 0 unspecified atom stereocenters. The van der Waals surface area contributed by atoms with E-state index in [1.165, 1.54) is 19.3 Å². The summed E-state index contributed by atoms with van der Waals surface area (Å²) < 4.78 is 24.3. The fourth-order valence-electron chi connectivity index (χ4n) is 1.84. The van der Waals surface area contributed by atoms with E-state index < -0.39 is 5.97 Å². The van der Waals surface area contributed by atoms with Gasteiger partial charge in [-0.1, -0.05) is 30.3 Å². The predicted molar refractivity (Wildman–Crippen MR) is 77.8 cm³/mol.